The van der Waals surface area contributed by atoms with Crippen molar-refractivity contribution < 1.29 is 9.47 Å². The average Bonchev–Trinajstić information content (AvgIpc) is 2.38. The Morgan fingerprint density at radius 2 is 1.79 bits per heavy atom. The summed E-state index contributed by atoms with van der Waals surface area (Å²) in [6.45, 7) is 2.94. The van der Waals surface area contributed by atoms with Gasteiger partial charge in [0, 0.05) is 6.04 Å². The van der Waals surface area contributed by atoms with Crippen LogP contribution in [-0.2, 0) is 0 Å². The van der Waals surface area contributed by atoms with E-state index in [1.165, 1.54) is 5.56 Å². The van der Waals surface area contributed by atoms with Crippen LogP contribution in [0.4, 0.5) is 0 Å². The molecule has 4 nitrogen and oxygen atoms in total. The van der Waals surface area contributed by atoms with Gasteiger partial charge in [-0.1, -0.05) is 13.0 Å². The predicted molar refractivity (Wildman–Crippen MR) is 78.8 cm³/mol. The highest BCUT2D eigenvalue weighted by Crippen LogP contribution is 2.35. The third-order valence-electron chi connectivity index (χ3n) is 3.47. The smallest absolute Gasteiger partial charge is 0.161 e. The summed E-state index contributed by atoms with van der Waals surface area (Å²) in [4.78, 5) is 2.22. The molecule has 0 aromatic heterocycles. The van der Waals surface area contributed by atoms with Crippen LogP contribution in [0.5, 0.6) is 11.5 Å². The second-order valence-corrected chi connectivity index (χ2v) is 5.08. The van der Waals surface area contributed by atoms with E-state index in [2.05, 4.69) is 38.1 Å². The maximum absolute atomic E-state index is 5.68. The Morgan fingerprint density at radius 3 is 2.26 bits per heavy atom. The van der Waals surface area contributed by atoms with Gasteiger partial charge in [0.25, 0.3) is 0 Å². The number of hydrogen-bond acceptors (Lipinski definition) is 4. The maximum atomic E-state index is 5.68. The van der Waals surface area contributed by atoms with Gasteiger partial charge in [-0.05, 0) is 50.7 Å². The van der Waals surface area contributed by atoms with Gasteiger partial charge in [0.1, 0.15) is 0 Å². The normalized spacial score (nSPS) is 14.3. The molecular formula is C15H26N2O2. The lowest BCUT2D eigenvalue weighted by Crippen LogP contribution is -2.27. The highest BCUT2D eigenvalue weighted by Gasteiger charge is 2.22. The molecule has 2 N–H and O–H groups in total. The summed E-state index contributed by atoms with van der Waals surface area (Å²) in [6, 6.07) is 6.43. The molecule has 0 saturated heterocycles. The summed E-state index contributed by atoms with van der Waals surface area (Å²) in [5, 5.41) is 0. The van der Waals surface area contributed by atoms with Crippen LogP contribution >= 0.6 is 0 Å². The Kier molecular flexibility index (Phi) is 6.12. The number of ether oxygens (including phenoxy) is 2. The fraction of sp³-hybridized carbons (Fsp3) is 0.600. The molecule has 1 aromatic carbocycles. The van der Waals surface area contributed by atoms with E-state index in [4.69, 9.17) is 15.2 Å². The molecule has 19 heavy (non-hydrogen) atoms. The Hall–Kier alpha value is -1.26. The molecule has 0 aliphatic carbocycles. The van der Waals surface area contributed by atoms with E-state index in [-0.39, 0.29) is 0 Å². The van der Waals surface area contributed by atoms with Crippen LogP contribution in [0.3, 0.4) is 0 Å². The van der Waals surface area contributed by atoms with Crippen LogP contribution in [0.25, 0.3) is 0 Å². The van der Waals surface area contributed by atoms with Gasteiger partial charge in [0.05, 0.1) is 14.2 Å². The minimum absolute atomic E-state index is 0.323. The Balaban J connectivity index is 3.09. The summed E-state index contributed by atoms with van der Waals surface area (Å²) in [6.07, 6.45) is 0.997. The molecule has 2 unspecified atom stereocenters. The predicted octanol–water partition coefficient (Wildman–Crippen LogP) is 2.29. The van der Waals surface area contributed by atoms with Crippen molar-refractivity contribution in [2.75, 3.05) is 34.9 Å². The van der Waals surface area contributed by atoms with E-state index < -0.39 is 0 Å². The lowest BCUT2D eigenvalue weighted by Gasteiger charge is -2.31. The monoisotopic (exact) mass is 266 g/mol. The number of methoxy groups -OCH3 is 2. The summed E-state index contributed by atoms with van der Waals surface area (Å²) in [5.41, 5.74) is 6.91. The van der Waals surface area contributed by atoms with E-state index >= 15 is 0 Å². The number of rotatable bonds is 7. The summed E-state index contributed by atoms with van der Waals surface area (Å²) >= 11 is 0. The zero-order valence-corrected chi connectivity index (χ0v) is 12.6. The van der Waals surface area contributed by atoms with Crippen LogP contribution in [-0.4, -0.2) is 39.8 Å². The molecule has 0 bridgehead atoms. The zero-order chi connectivity index (χ0) is 14.4. The Labute approximate surface area is 116 Å². The molecule has 1 aromatic rings. The highest BCUT2D eigenvalue weighted by molar-refractivity contribution is 5.43. The number of nitrogens with zero attached hydrogens (tertiary/aromatic N) is 1. The van der Waals surface area contributed by atoms with Gasteiger partial charge in [-0.2, -0.15) is 0 Å². The topological polar surface area (TPSA) is 47.7 Å². The first-order valence-corrected chi connectivity index (χ1v) is 6.63. The van der Waals surface area contributed by atoms with Gasteiger partial charge in [-0.25, -0.2) is 0 Å². The standard InChI is InChI=1S/C15H26N2O2/c1-11(8-9-16)15(17(2)3)12-6-7-13(18-4)14(10-12)19-5/h6-7,10-11,15H,8-9,16H2,1-5H3. The van der Waals surface area contributed by atoms with E-state index in [0.717, 1.165) is 17.9 Å². The van der Waals surface area contributed by atoms with Crippen LogP contribution in [0, 0.1) is 5.92 Å². The van der Waals surface area contributed by atoms with Gasteiger partial charge in [0.2, 0.25) is 0 Å². The first-order valence-electron chi connectivity index (χ1n) is 6.63. The number of benzene rings is 1. The quantitative estimate of drug-likeness (QED) is 0.822. The first-order chi connectivity index (χ1) is 9.04. The molecule has 0 saturated carbocycles. The van der Waals surface area contributed by atoms with Crippen LogP contribution in [0.2, 0.25) is 0 Å². The molecule has 0 fully saturated rings. The SMILES string of the molecule is COc1ccc(C(C(C)CCN)N(C)C)cc1OC. The molecule has 2 atom stereocenters. The van der Waals surface area contributed by atoms with Crippen LogP contribution in [0.15, 0.2) is 18.2 Å². The van der Waals surface area contributed by atoms with Gasteiger partial charge in [-0.3, -0.25) is 0 Å². The van der Waals surface area contributed by atoms with Gasteiger partial charge < -0.3 is 20.1 Å². The molecule has 108 valence electrons. The summed E-state index contributed by atoms with van der Waals surface area (Å²) in [7, 11) is 7.50. The van der Waals surface area contributed by atoms with Crippen molar-refractivity contribution >= 4 is 0 Å². The van der Waals surface area contributed by atoms with E-state index in [1.54, 1.807) is 14.2 Å². The molecule has 1 rings (SSSR count). The molecule has 0 amide bonds. The Bertz CT molecular complexity index is 394. The number of nitrogens with two attached hydrogens (primary N) is 1. The average molecular weight is 266 g/mol. The minimum atomic E-state index is 0.323. The Morgan fingerprint density at radius 1 is 1.16 bits per heavy atom. The van der Waals surface area contributed by atoms with Gasteiger partial charge in [-0.15, -0.1) is 0 Å². The lowest BCUT2D eigenvalue weighted by molar-refractivity contribution is 0.216. The highest BCUT2D eigenvalue weighted by atomic mass is 16.5. The third-order valence-corrected chi connectivity index (χ3v) is 3.47. The molecule has 0 spiro atoms. The summed E-state index contributed by atoms with van der Waals surface area (Å²) < 4.78 is 10.7. The molecule has 0 radical (unpaired) electrons. The van der Waals surface area contributed by atoms with Gasteiger partial charge in [0.15, 0.2) is 11.5 Å². The maximum Gasteiger partial charge on any atom is 0.161 e. The first kappa shape index (κ1) is 15.8. The molecule has 0 aliphatic heterocycles. The fourth-order valence-electron chi connectivity index (χ4n) is 2.59. The van der Waals surface area contributed by atoms with Crippen molar-refractivity contribution in [2.45, 2.75) is 19.4 Å². The lowest BCUT2D eigenvalue weighted by atomic mass is 9.91. The van der Waals surface area contributed by atoms with Gasteiger partial charge >= 0.3 is 0 Å². The van der Waals surface area contributed by atoms with Crippen molar-refractivity contribution in [3.05, 3.63) is 23.8 Å². The fourth-order valence-corrected chi connectivity index (χ4v) is 2.59. The minimum Gasteiger partial charge on any atom is -0.493 e. The van der Waals surface area contributed by atoms with Crippen molar-refractivity contribution in [1.82, 2.24) is 4.90 Å². The largest absolute Gasteiger partial charge is 0.493 e. The molecule has 0 aliphatic rings. The second-order valence-electron chi connectivity index (χ2n) is 5.08. The van der Waals surface area contributed by atoms with Crippen molar-refractivity contribution in [2.24, 2.45) is 11.7 Å². The molecular weight excluding hydrogens is 240 g/mol. The van der Waals surface area contributed by atoms with Crippen molar-refractivity contribution in [1.29, 1.82) is 0 Å². The number of hydrogen-bond donors (Lipinski definition) is 1. The van der Waals surface area contributed by atoms with E-state index in [1.807, 2.05) is 6.07 Å². The van der Waals surface area contributed by atoms with Crippen molar-refractivity contribution in [3.63, 3.8) is 0 Å². The summed E-state index contributed by atoms with van der Waals surface area (Å²) in [5.74, 6) is 2.01. The molecule has 0 heterocycles. The van der Waals surface area contributed by atoms with Crippen molar-refractivity contribution in [3.8, 4) is 11.5 Å². The van der Waals surface area contributed by atoms with Crippen LogP contribution < -0.4 is 15.2 Å². The zero-order valence-electron chi connectivity index (χ0n) is 12.6. The second kappa shape index (κ2) is 7.36. The molecule has 4 heteroatoms. The van der Waals surface area contributed by atoms with E-state index in [9.17, 15) is 0 Å². The third kappa shape index (κ3) is 3.85. The van der Waals surface area contributed by atoms with E-state index in [0.29, 0.717) is 18.5 Å². The van der Waals surface area contributed by atoms with Crippen LogP contribution in [0.1, 0.15) is 24.9 Å².